The maximum atomic E-state index is 12.9. The first-order chi connectivity index (χ1) is 13.5. The van der Waals surface area contributed by atoms with E-state index in [2.05, 4.69) is 31.9 Å². The summed E-state index contributed by atoms with van der Waals surface area (Å²) in [5.74, 6) is 0.503. The van der Waals surface area contributed by atoms with Gasteiger partial charge in [-0.1, -0.05) is 30.3 Å². The van der Waals surface area contributed by atoms with E-state index < -0.39 is 0 Å². The van der Waals surface area contributed by atoms with Gasteiger partial charge in [0.25, 0.3) is 0 Å². The molecule has 0 amide bonds. The smallest absolute Gasteiger partial charge is 0.196 e. The van der Waals surface area contributed by atoms with Crippen molar-refractivity contribution < 1.29 is 19.1 Å². The minimum atomic E-state index is -0.198. The minimum absolute atomic E-state index is 0.0209. The van der Waals surface area contributed by atoms with Crippen LogP contribution in [0.25, 0.3) is 11.0 Å². The Morgan fingerprint density at radius 1 is 1.04 bits per heavy atom. The second-order valence-electron chi connectivity index (χ2n) is 6.17. The number of carbonyl (C=O) groups excluding carboxylic acids is 1. The molecule has 0 saturated heterocycles. The molecule has 0 fully saturated rings. The van der Waals surface area contributed by atoms with Gasteiger partial charge in [-0.15, -0.1) is 0 Å². The van der Waals surface area contributed by atoms with Crippen LogP contribution >= 0.6 is 31.9 Å². The Labute approximate surface area is 178 Å². The molecule has 1 aromatic heterocycles. The van der Waals surface area contributed by atoms with Crippen LogP contribution < -0.4 is 4.74 Å². The van der Waals surface area contributed by atoms with Crippen LogP contribution in [0.5, 0.6) is 11.5 Å². The topological polar surface area (TPSA) is 59.7 Å². The zero-order chi connectivity index (χ0) is 19.7. The lowest BCUT2D eigenvalue weighted by molar-refractivity contribution is 0.103. The summed E-state index contributed by atoms with van der Waals surface area (Å²) < 4.78 is 12.2. The predicted molar refractivity (Wildman–Crippen MR) is 114 cm³/mol. The van der Waals surface area contributed by atoms with E-state index in [-0.39, 0.29) is 11.5 Å². The molecule has 1 heterocycles. The number of carbonyl (C=O) groups is 1. The molecular formula is C22H14Br2O4. The van der Waals surface area contributed by atoms with E-state index >= 15 is 0 Å². The molecule has 4 rings (SSSR count). The normalized spacial score (nSPS) is 10.9. The molecule has 6 heteroatoms. The van der Waals surface area contributed by atoms with Crippen LogP contribution in [-0.4, -0.2) is 10.9 Å². The van der Waals surface area contributed by atoms with Gasteiger partial charge in [-0.05, 0) is 67.8 Å². The lowest BCUT2D eigenvalue weighted by atomic mass is 10.0. The van der Waals surface area contributed by atoms with Crippen LogP contribution in [0.3, 0.4) is 0 Å². The molecule has 28 heavy (non-hydrogen) atoms. The molecule has 0 unspecified atom stereocenters. The number of halogens is 2. The molecule has 4 nitrogen and oxygen atoms in total. The number of hydrogen-bond acceptors (Lipinski definition) is 4. The molecule has 0 bridgehead atoms. The first-order valence-electron chi connectivity index (χ1n) is 8.44. The molecule has 0 aliphatic carbocycles. The van der Waals surface area contributed by atoms with Crippen LogP contribution in [0, 0.1) is 0 Å². The fraction of sp³-hybridized carbons (Fsp3) is 0.0455. The highest BCUT2D eigenvalue weighted by Crippen LogP contribution is 2.41. The lowest BCUT2D eigenvalue weighted by Crippen LogP contribution is -2.01. The zero-order valence-corrected chi connectivity index (χ0v) is 17.7. The Balaban J connectivity index is 1.57. The molecule has 0 aliphatic rings. The van der Waals surface area contributed by atoms with E-state index in [0.717, 1.165) is 5.56 Å². The van der Waals surface area contributed by atoms with E-state index in [1.54, 1.807) is 30.3 Å². The minimum Gasteiger partial charge on any atom is -0.506 e. The largest absolute Gasteiger partial charge is 0.506 e. The molecule has 3 aromatic carbocycles. The van der Waals surface area contributed by atoms with Crippen molar-refractivity contribution in [1.29, 1.82) is 0 Å². The number of ether oxygens (including phenoxy) is 1. The summed E-state index contributed by atoms with van der Waals surface area (Å²) in [7, 11) is 0. The number of furan rings is 1. The van der Waals surface area contributed by atoms with E-state index in [9.17, 15) is 9.90 Å². The van der Waals surface area contributed by atoms with Gasteiger partial charge in [0.1, 0.15) is 30.0 Å². The van der Waals surface area contributed by atoms with E-state index in [0.29, 0.717) is 43.4 Å². The number of rotatable bonds is 5. The van der Waals surface area contributed by atoms with Crippen molar-refractivity contribution in [1.82, 2.24) is 0 Å². The van der Waals surface area contributed by atoms with E-state index in [1.807, 2.05) is 30.3 Å². The Bertz CT molecular complexity index is 1150. The lowest BCUT2D eigenvalue weighted by Gasteiger charge is -2.07. The highest BCUT2D eigenvalue weighted by Gasteiger charge is 2.21. The standard InChI is InChI=1S/C22H14Br2O4/c23-17-10-18-19(20(24)22(17)26)16(12-28-18)21(25)14-6-8-15(9-7-14)27-11-13-4-2-1-3-5-13/h1-10,12,26H,11H2. The second kappa shape index (κ2) is 7.81. The molecule has 4 aromatic rings. The van der Waals surface area contributed by atoms with Crippen LogP contribution in [0.1, 0.15) is 21.5 Å². The number of hydrogen-bond donors (Lipinski definition) is 1. The average molecular weight is 502 g/mol. The highest BCUT2D eigenvalue weighted by molar-refractivity contribution is 9.11. The molecule has 0 aliphatic heterocycles. The Hall–Kier alpha value is -2.57. The number of aromatic hydroxyl groups is 1. The molecule has 1 N–H and O–H groups in total. The van der Waals surface area contributed by atoms with Gasteiger partial charge in [0.15, 0.2) is 5.78 Å². The van der Waals surface area contributed by atoms with Gasteiger partial charge >= 0.3 is 0 Å². The quantitative estimate of drug-likeness (QED) is 0.318. The second-order valence-corrected chi connectivity index (χ2v) is 7.82. The molecule has 0 atom stereocenters. The fourth-order valence-corrected chi connectivity index (χ4v) is 4.17. The van der Waals surface area contributed by atoms with Gasteiger partial charge in [-0.2, -0.15) is 0 Å². The third-order valence-electron chi connectivity index (χ3n) is 4.34. The maximum absolute atomic E-state index is 12.9. The van der Waals surface area contributed by atoms with E-state index in [1.165, 1.54) is 6.26 Å². The first kappa shape index (κ1) is 18.8. The first-order valence-corrected chi connectivity index (χ1v) is 10.0. The van der Waals surface area contributed by atoms with Gasteiger partial charge in [0.2, 0.25) is 0 Å². The van der Waals surface area contributed by atoms with E-state index in [4.69, 9.17) is 9.15 Å². The Morgan fingerprint density at radius 3 is 2.46 bits per heavy atom. The Morgan fingerprint density at radius 2 is 1.75 bits per heavy atom. The highest BCUT2D eigenvalue weighted by atomic mass is 79.9. The summed E-state index contributed by atoms with van der Waals surface area (Å²) in [4.78, 5) is 12.9. The van der Waals surface area contributed by atoms with Crippen molar-refractivity contribution in [2.45, 2.75) is 6.61 Å². The van der Waals surface area contributed by atoms with Crippen molar-refractivity contribution in [3.63, 3.8) is 0 Å². The van der Waals surface area contributed by atoms with Crippen LogP contribution in [-0.2, 0) is 6.61 Å². The van der Waals surface area contributed by atoms with Crippen molar-refractivity contribution in [3.8, 4) is 11.5 Å². The molecular weight excluding hydrogens is 488 g/mol. The SMILES string of the molecule is O=C(c1ccc(OCc2ccccc2)cc1)c1coc2cc(Br)c(O)c(Br)c12. The van der Waals surface area contributed by atoms with Crippen molar-refractivity contribution in [2.75, 3.05) is 0 Å². The predicted octanol–water partition coefficient (Wildman–Crippen LogP) is 6.47. The van der Waals surface area contributed by atoms with Gasteiger partial charge < -0.3 is 14.3 Å². The monoisotopic (exact) mass is 500 g/mol. The van der Waals surface area contributed by atoms with Crippen molar-refractivity contribution >= 4 is 48.6 Å². The summed E-state index contributed by atoms with van der Waals surface area (Å²) >= 11 is 6.60. The molecule has 0 radical (unpaired) electrons. The van der Waals surface area contributed by atoms with Gasteiger partial charge in [0.05, 0.1) is 14.5 Å². The number of fused-ring (bicyclic) bond motifs is 1. The summed E-state index contributed by atoms with van der Waals surface area (Å²) in [5.41, 5.74) is 2.46. The molecule has 140 valence electrons. The summed E-state index contributed by atoms with van der Waals surface area (Å²) in [6.45, 7) is 0.460. The van der Waals surface area contributed by atoms with Crippen molar-refractivity contribution in [2.24, 2.45) is 0 Å². The number of phenolic OH excluding ortho intramolecular Hbond substituents is 1. The van der Waals surface area contributed by atoms with Crippen LogP contribution in [0.4, 0.5) is 0 Å². The third kappa shape index (κ3) is 3.57. The number of ketones is 1. The summed E-state index contributed by atoms with van der Waals surface area (Å²) in [5, 5.41) is 10.7. The zero-order valence-electron chi connectivity index (χ0n) is 14.5. The van der Waals surface area contributed by atoms with Gasteiger partial charge in [0, 0.05) is 10.9 Å². The van der Waals surface area contributed by atoms with Gasteiger partial charge in [-0.3, -0.25) is 4.79 Å². The van der Waals surface area contributed by atoms with Crippen molar-refractivity contribution in [3.05, 3.63) is 92.6 Å². The Kier molecular flexibility index (Phi) is 5.24. The fourth-order valence-electron chi connectivity index (χ4n) is 2.88. The molecule has 0 saturated carbocycles. The number of benzene rings is 3. The summed E-state index contributed by atoms with van der Waals surface area (Å²) in [6.07, 6.45) is 1.41. The average Bonchev–Trinajstić information content (AvgIpc) is 3.15. The summed E-state index contributed by atoms with van der Waals surface area (Å²) in [6, 6.07) is 18.5. The number of phenols is 1. The molecule has 0 spiro atoms. The third-order valence-corrected chi connectivity index (χ3v) is 5.72. The van der Waals surface area contributed by atoms with Gasteiger partial charge in [-0.25, -0.2) is 0 Å². The maximum Gasteiger partial charge on any atom is 0.196 e. The van der Waals surface area contributed by atoms with Crippen LogP contribution in [0.15, 0.2) is 80.3 Å². The van der Waals surface area contributed by atoms with Crippen LogP contribution in [0.2, 0.25) is 0 Å².